The molecule has 0 spiro atoms. The molecule has 5 nitrogen and oxygen atoms in total. The Bertz CT molecular complexity index is 1020. The zero-order valence-electron chi connectivity index (χ0n) is 17.8. The van der Waals surface area contributed by atoms with Gasteiger partial charge in [-0.2, -0.15) is 13.2 Å². The van der Waals surface area contributed by atoms with Crippen LogP contribution in [0.1, 0.15) is 24.0 Å². The van der Waals surface area contributed by atoms with Gasteiger partial charge in [-0.3, -0.25) is 0 Å². The van der Waals surface area contributed by atoms with Crippen LogP contribution in [0.3, 0.4) is 0 Å². The molecule has 0 atom stereocenters. The van der Waals surface area contributed by atoms with Gasteiger partial charge in [0.15, 0.2) is 0 Å². The zero-order chi connectivity index (χ0) is 23.8. The average Bonchev–Trinajstić information content (AvgIpc) is 2.91. The molecule has 0 aromatic heterocycles. The van der Waals surface area contributed by atoms with Crippen LogP contribution in [0.15, 0.2) is 54.6 Å². The molecule has 1 aliphatic heterocycles. The van der Waals surface area contributed by atoms with Crippen LogP contribution in [0.5, 0.6) is 0 Å². The average molecular weight is 481 g/mol. The lowest BCUT2D eigenvalue weighted by Crippen LogP contribution is -2.27. The Morgan fingerprint density at radius 3 is 2.55 bits per heavy atom. The summed E-state index contributed by atoms with van der Waals surface area (Å²) < 4.78 is 39.8. The van der Waals surface area contributed by atoms with E-state index in [1.807, 2.05) is 24.3 Å². The van der Waals surface area contributed by atoms with Gasteiger partial charge in [0.2, 0.25) is 0 Å². The van der Waals surface area contributed by atoms with Gasteiger partial charge in [0.25, 0.3) is 0 Å². The third kappa shape index (κ3) is 7.07. The fraction of sp³-hybridized carbons (Fsp3) is 0.333. The number of hydrogen-bond acceptors (Lipinski definition) is 5. The smallest absolute Gasteiger partial charge is 0.383 e. The van der Waals surface area contributed by atoms with E-state index in [1.54, 1.807) is 0 Å². The molecular weight excluding hydrogens is 457 g/mol. The Morgan fingerprint density at radius 2 is 1.79 bits per heavy atom. The van der Waals surface area contributed by atoms with Gasteiger partial charge in [-0.25, -0.2) is 9.59 Å². The minimum Gasteiger partial charge on any atom is -0.383 e. The van der Waals surface area contributed by atoms with Crippen molar-refractivity contribution in [3.63, 3.8) is 0 Å². The second-order valence-electron chi connectivity index (χ2n) is 7.57. The van der Waals surface area contributed by atoms with E-state index in [0.29, 0.717) is 11.6 Å². The number of halogens is 4. The van der Waals surface area contributed by atoms with Crippen LogP contribution < -0.4 is 10.2 Å². The molecule has 0 unspecified atom stereocenters. The van der Waals surface area contributed by atoms with Crippen molar-refractivity contribution >= 4 is 34.9 Å². The highest BCUT2D eigenvalue weighted by Crippen LogP contribution is 2.37. The first-order chi connectivity index (χ1) is 15.8. The van der Waals surface area contributed by atoms with E-state index in [-0.39, 0.29) is 6.54 Å². The third-order valence-corrected chi connectivity index (χ3v) is 5.45. The predicted molar refractivity (Wildman–Crippen MR) is 121 cm³/mol. The Hall–Kier alpha value is -2.84. The van der Waals surface area contributed by atoms with E-state index < -0.39 is 18.1 Å². The van der Waals surface area contributed by atoms with Gasteiger partial charge in [-0.1, -0.05) is 41.9 Å². The number of nitrogens with zero attached hydrogens (tertiary/aromatic N) is 1. The number of ether oxygens (including phenoxy) is 1. The van der Waals surface area contributed by atoms with Crippen LogP contribution in [-0.4, -0.2) is 37.7 Å². The van der Waals surface area contributed by atoms with Gasteiger partial charge in [0.1, 0.15) is 0 Å². The molecule has 33 heavy (non-hydrogen) atoms. The van der Waals surface area contributed by atoms with Crippen molar-refractivity contribution in [3.05, 3.63) is 70.8 Å². The number of aryl methyl sites for hydroxylation is 2. The largest absolute Gasteiger partial charge is 0.491 e. The van der Waals surface area contributed by atoms with Crippen molar-refractivity contribution in [2.24, 2.45) is 0 Å². The molecule has 0 saturated carbocycles. The molecule has 2 aromatic rings. The van der Waals surface area contributed by atoms with Gasteiger partial charge in [-0.05, 0) is 61.6 Å². The van der Waals surface area contributed by atoms with Gasteiger partial charge in [0, 0.05) is 35.6 Å². The van der Waals surface area contributed by atoms with Crippen LogP contribution in [0.2, 0.25) is 5.02 Å². The molecule has 0 bridgehead atoms. The number of hydrogen-bond donors (Lipinski definition) is 1. The summed E-state index contributed by atoms with van der Waals surface area (Å²) in [5, 5.41) is 3.78. The minimum atomic E-state index is -5.19. The lowest BCUT2D eigenvalue weighted by Gasteiger charge is -2.27. The van der Waals surface area contributed by atoms with Crippen molar-refractivity contribution in [1.29, 1.82) is 0 Å². The van der Waals surface area contributed by atoms with Crippen LogP contribution >= 0.6 is 11.6 Å². The first-order valence-electron chi connectivity index (χ1n) is 10.6. The molecular formula is C24H24ClF3N2O3. The van der Waals surface area contributed by atoms with Crippen LogP contribution in [0.25, 0.3) is 0 Å². The number of unbranched alkanes of at least 4 members (excludes halogenated alkanes) is 1. The molecule has 1 aliphatic rings. The summed E-state index contributed by atoms with van der Waals surface area (Å²) in [4.78, 5) is 24.1. The number of alkyl halides is 3. The lowest BCUT2D eigenvalue weighted by atomic mass is 10.0. The summed E-state index contributed by atoms with van der Waals surface area (Å²) >= 11 is 6.28. The molecule has 176 valence electrons. The third-order valence-electron chi connectivity index (χ3n) is 5.21. The number of esters is 2. The Kier molecular flexibility index (Phi) is 8.52. The molecule has 0 radical (unpaired) electrons. The molecule has 0 saturated heterocycles. The van der Waals surface area contributed by atoms with Crippen molar-refractivity contribution in [2.75, 3.05) is 24.5 Å². The van der Waals surface area contributed by atoms with Gasteiger partial charge < -0.3 is 15.0 Å². The Morgan fingerprint density at radius 1 is 1.06 bits per heavy atom. The zero-order valence-corrected chi connectivity index (χ0v) is 18.6. The number of fused-ring (bicyclic) bond motifs is 2. The number of benzene rings is 2. The molecule has 0 amide bonds. The quantitative estimate of drug-likeness (QED) is 0.245. The first-order valence-corrected chi connectivity index (χ1v) is 11.0. The molecule has 0 aliphatic carbocycles. The fourth-order valence-electron chi connectivity index (χ4n) is 3.67. The monoisotopic (exact) mass is 480 g/mol. The standard InChI is InChI=1S/C24H24ClF3N2O3/c25-19-12-11-18-10-9-17-6-1-2-7-20(17)30(21(18)16-19)15-4-3-13-29-14-5-8-22(31)33-23(32)24(26,27)28/h1-2,5-8,11-12,16,29H,3-4,9-10,13-15H2/b8-5+. The highest BCUT2D eigenvalue weighted by Gasteiger charge is 2.42. The summed E-state index contributed by atoms with van der Waals surface area (Å²) in [6, 6.07) is 14.4. The summed E-state index contributed by atoms with van der Waals surface area (Å²) in [5.74, 6) is -3.88. The maximum atomic E-state index is 12.0. The van der Waals surface area contributed by atoms with Crippen LogP contribution in [0, 0.1) is 0 Å². The molecule has 1 heterocycles. The second-order valence-corrected chi connectivity index (χ2v) is 8.01. The van der Waals surface area contributed by atoms with Crippen LogP contribution in [-0.2, 0) is 27.2 Å². The Balaban J connectivity index is 1.47. The summed E-state index contributed by atoms with van der Waals surface area (Å²) in [6.45, 7) is 1.72. The summed E-state index contributed by atoms with van der Waals surface area (Å²) in [6.07, 6.45) is 0.567. The second kappa shape index (κ2) is 11.3. The SMILES string of the molecule is O=C(/C=C/CNCCCCN1c2ccccc2CCc2ccc(Cl)cc21)OC(=O)C(F)(F)F. The van der Waals surface area contributed by atoms with Gasteiger partial charge >= 0.3 is 18.1 Å². The fourth-order valence-corrected chi connectivity index (χ4v) is 3.84. The van der Waals surface area contributed by atoms with E-state index in [1.165, 1.54) is 22.9 Å². The van der Waals surface area contributed by atoms with Crippen molar-refractivity contribution in [1.82, 2.24) is 5.32 Å². The van der Waals surface area contributed by atoms with E-state index in [4.69, 9.17) is 11.6 Å². The number of nitrogens with one attached hydrogen (secondary N) is 1. The number of para-hydroxylation sites is 1. The maximum Gasteiger partial charge on any atom is 0.491 e. The van der Waals surface area contributed by atoms with Crippen molar-refractivity contribution < 1.29 is 27.5 Å². The topological polar surface area (TPSA) is 58.6 Å². The number of carbonyl (C=O) groups is 2. The van der Waals surface area contributed by atoms with E-state index >= 15 is 0 Å². The van der Waals surface area contributed by atoms with Crippen molar-refractivity contribution in [3.8, 4) is 0 Å². The number of carbonyl (C=O) groups excluding carboxylic acids is 2. The number of rotatable bonds is 8. The summed E-state index contributed by atoms with van der Waals surface area (Å²) in [5.41, 5.74) is 4.86. The molecule has 3 rings (SSSR count). The van der Waals surface area contributed by atoms with Crippen molar-refractivity contribution in [2.45, 2.75) is 31.9 Å². The first kappa shape index (κ1) is 24.8. The molecule has 2 aromatic carbocycles. The molecule has 9 heteroatoms. The lowest BCUT2D eigenvalue weighted by molar-refractivity contribution is -0.200. The summed E-state index contributed by atoms with van der Waals surface area (Å²) in [7, 11) is 0. The normalized spacial score (nSPS) is 13.4. The highest BCUT2D eigenvalue weighted by atomic mass is 35.5. The molecule has 0 fully saturated rings. The van der Waals surface area contributed by atoms with E-state index in [0.717, 1.165) is 44.0 Å². The predicted octanol–water partition coefficient (Wildman–Crippen LogP) is 5.13. The highest BCUT2D eigenvalue weighted by molar-refractivity contribution is 6.30. The van der Waals surface area contributed by atoms with Crippen LogP contribution in [0.4, 0.5) is 24.5 Å². The van der Waals surface area contributed by atoms with Gasteiger partial charge in [0.05, 0.1) is 0 Å². The Labute approximate surface area is 195 Å². The molecule has 1 N–H and O–H groups in total. The maximum absolute atomic E-state index is 12.0. The van der Waals surface area contributed by atoms with Gasteiger partial charge in [-0.15, -0.1) is 0 Å². The number of anilines is 2. The van der Waals surface area contributed by atoms with E-state index in [2.05, 4.69) is 33.2 Å². The van der Waals surface area contributed by atoms with E-state index in [9.17, 15) is 22.8 Å². The minimum absolute atomic E-state index is 0.264.